The van der Waals surface area contributed by atoms with Crippen molar-refractivity contribution < 1.29 is 5.11 Å². The van der Waals surface area contributed by atoms with E-state index in [2.05, 4.69) is 9.55 Å². The summed E-state index contributed by atoms with van der Waals surface area (Å²) in [7, 11) is 0. The minimum Gasteiger partial charge on any atom is -0.399 e. The monoisotopic (exact) mass is 205 g/mol. The SMILES string of the molecule is Cc1nc2cc(N)ccc2n1CCCO. The Balaban J connectivity index is 2.48. The minimum atomic E-state index is 0.202. The van der Waals surface area contributed by atoms with Crippen LogP contribution in [0.3, 0.4) is 0 Å². The second-order valence-corrected chi connectivity index (χ2v) is 3.64. The van der Waals surface area contributed by atoms with Gasteiger partial charge in [-0.1, -0.05) is 0 Å². The molecule has 2 aromatic rings. The van der Waals surface area contributed by atoms with Gasteiger partial charge in [0.1, 0.15) is 5.82 Å². The fraction of sp³-hybridized carbons (Fsp3) is 0.364. The van der Waals surface area contributed by atoms with E-state index in [0.717, 1.165) is 35.5 Å². The lowest BCUT2D eigenvalue weighted by Crippen LogP contribution is -2.02. The highest BCUT2D eigenvalue weighted by atomic mass is 16.3. The molecule has 80 valence electrons. The zero-order chi connectivity index (χ0) is 10.8. The molecule has 15 heavy (non-hydrogen) atoms. The standard InChI is InChI=1S/C11H15N3O/c1-8-13-10-7-9(12)3-4-11(10)14(8)5-2-6-15/h3-4,7,15H,2,5-6,12H2,1H3. The normalized spacial score (nSPS) is 11.1. The topological polar surface area (TPSA) is 64.1 Å². The number of imidazole rings is 1. The van der Waals surface area contributed by atoms with Gasteiger partial charge in [0.15, 0.2) is 0 Å². The molecule has 0 atom stereocenters. The van der Waals surface area contributed by atoms with Gasteiger partial charge < -0.3 is 15.4 Å². The Labute approximate surface area is 88.3 Å². The lowest BCUT2D eigenvalue weighted by atomic mass is 10.3. The molecule has 1 aromatic carbocycles. The quantitative estimate of drug-likeness (QED) is 0.742. The summed E-state index contributed by atoms with van der Waals surface area (Å²) in [5, 5.41) is 8.82. The maximum Gasteiger partial charge on any atom is 0.106 e. The Morgan fingerprint density at radius 2 is 2.27 bits per heavy atom. The minimum absolute atomic E-state index is 0.202. The maximum atomic E-state index is 8.82. The molecule has 0 amide bonds. The highest BCUT2D eigenvalue weighted by Gasteiger charge is 2.06. The first-order valence-corrected chi connectivity index (χ1v) is 5.05. The smallest absolute Gasteiger partial charge is 0.106 e. The van der Waals surface area contributed by atoms with Crippen molar-refractivity contribution in [3.8, 4) is 0 Å². The molecule has 0 aliphatic rings. The van der Waals surface area contributed by atoms with E-state index in [1.807, 2.05) is 25.1 Å². The first-order valence-electron chi connectivity index (χ1n) is 5.05. The van der Waals surface area contributed by atoms with Crippen LogP contribution in [0.2, 0.25) is 0 Å². The predicted molar refractivity (Wildman–Crippen MR) is 60.6 cm³/mol. The molecule has 0 unspecified atom stereocenters. The van der Waals surface area contributed by atoms with Crippen LogP contribution in [0, 0.1) is 6.92 Å². The van der Waals surface area contributed by atoms with Crippen molar-refractivity contribution in [3.05, 3.63) is 24.0 Å². The van der Waals surface area contributed by atoms with E-state index in [0.29, 0.717) is 0 Å². The molecular formula is C11H15N3O. The highest BCUT2D eigenvalue weighted by Crippen LogP contribution is 2.18. The molecule has 0 saturated heterocycles. The van der Waals surface area contributed by atoms with Gasteiger partial charge in [-0.2, -0.15) is 0 Å². The summed E-state index contributed by atoms with van der Waals surface area (Å²) in [6.07, 6.45) is 0.747. The summed E-state index contributed by atoms with van der Waals surface area (Å²) >= 11 is 0. The largest absolute Gasteiger partial charge is 0.399 e. The van der Waals surface area contributed by atoms with Gasteiger partial charge in [-0.05, 0) is 31.5 Å². The summed E-state index contributed by atoms with van der Waals surface area (Å²) in [6.45, 7) is 2.96. The summed E-state index contributed by atoms with van der Waals surface area (Å²) in [5.41, 5.74) is 8.43. The van der Waals surface area contributed by atoms with Crippen molar-refractivity contribution in [2.45, 2.75) is 19.9 Å². The lowest BCUT2D eigenvalue weighted by Gasteiger charge is -2.04. The van der Waals surface area contributed by atoms with Crippen LogP contribution in [-0.4, -0.2) is 21.3 Å². The molecule has 0 saturated carbocycles. The molecule has 3 N–H and O–H groups in total. The van der Waals surface area contributed by atoms with Gasteiger partial charge in [0, 0.05) is 18.8 Å². The molecule has 0 bridgehead atoms. The zero-order valence-corrected chi connectivity index (χ0v) is 8.77. The summed E-state index contributed by atoms with van der Waals surface area (Å²) in [4.78, 5) is 4.43. The number of aliphatic hydroxyl groups is 1. The third-order valence-corrected chi connectivity index (χ3v) is 2.50. The van der Waals surface area contributed by atoms with E-state index in [-0.39, 0.29) is 6.61 Å². The van der Waals surface area contributed by atoms with Gasteiger partial charge in [0.05, 0.1) is 11.0 Å². The van der Waals surface area contributed by atoms with E-state index >= 15 is 0 Å². The second kappa shape index (κ2) is 3.90. The van der Waals surface area contributed by atoms with Crippen LogP contribution in [0.1, 0.15) is 12.2 Å². The Morgan fingerprint density at radius 1 is 1.47 bits per heavy atom. The van der Waals surface area contributed by atoms with E-state index < -0.39 is 0 Å². The third kappa shape index (κ3) is 1.80. The number of nitrogens with zero attached hydrogens (tertiary/aromatic N) is 2. The number of hydrogen-bond acceptors (Lipinski definition) is 3. The van der Waals surface area contributed by atoms with Gasteiger partial charge >= 0.3 is 0 Å². The average Bonchev–Trinajstić information content (AvgIpc) is 2.50. The average molecular weight is 205 g/mol. The fourth-order valence-electron chi connectivity index (χ4n) is 1.78. The molecule has 2 rings (SSSR count). The van der Waals surface area contributed by atoms with E-state index in [1.54, 1.807) is 0 Å². The Bertz CT molecular complexity index is 476. The molecule has 4 nitrogen and oxygen atoms in total. The number of benzene rings is 1. The van der Waals surface area contributed by atoms with Gasteiger partial charge in [-0.25, -0.2) is 4.98 Å². The summed E-state index contributed by atoms with van der Waals surface area (Å²) in [5.74, 6) is 0.962. The van der Waals surface area contributed by atoms with Crippen LogP contribution < -0.4 is 5.73 Å². The van der Waals surface area contributed by atoms with Crippen LogP contribution in [-0.2, 0) is 6.54 Å². The lowest BCUT2D eigenvalue weighted by molar-refractivity contribution is 0.280. The number of rotatable bonds is 3. The van der Waals surface area contributed by atoms with Crippen molar-refractivity contribution in [2.75, 3.05) is 12.3 Å². The van der Waals surface area contributed by atoms with E-state index in [9.17, 15) is 0 Å². The number of hydrogen-bond donors (Lipinski definition) is 2. The number of nitrogens with two attached hydrogens (primary N) is 1. The number of aryl methyl sites for hydroxylation is 2. The van der Waals surface area contributed by atoms with Crippen molar-refractivity contribution in [2.24, 2.45) is 0 Å². The highest BCUT2D eigenvalue weighted by molar-refractivity contribution is 5.79. The van der Waals surface area contributed by atoms with Crippen molar-refractivity contribution in [1.29, 1.82) is 0 Å². The van der Waals surface area contributed by atoms with Gasteiger partial charge in [0.25, 0.3) is 0 Å². The number of anilines is 1. The van der Waals surface area contributed by atoms with Gasteiger partial charge in [0.2, 0.25) is 0 Å². The number of nitrogen functional groups attached to an aromatic ring is 1. The first kappa shape index (κ1) is 9.98. The molecule has 0 spiro atoms. The Morgan fingerprint density at radius 3 is 3.00 bits per heavy atom. The second-order valence-electron chi connectivity index (χ2n) is 3.64. The van der Waals surface area contributed by atoms with Crippen molar-refractivity contribution >= 4 is 16.7 Å². The molecule has 0 aliphatic heterocycles. The number of aliphatic hydroxyl groups excluding tert-OH is 1. The van der Waals surface area contributed by atoms with E-state index in [1.165, 1.54) is 0 Å². The van der Waals surface area contributed by atoms with Gasteiger partial charge in [-0.15, -0.1) is 0 Å². The molecule has 0 aliphatic carbocycles. The van der Waals surface area contributed by atoms with Crippen LogP contribution in [0.25, 0.3) is 11.0 Å². The van der Waals surface area contributed by atoms with Crippen molar-refractivity contribution in [3.63, 3.8) is 0 Å². The molecule has 0 fully saturated rings. The Hall–Kier alpha value is -1.55. The van der Waals surface area contributed by atoms with Crippen LogP contribution in [0.15, 0.2) is 18.2 Å². The summed E-state index contributed by atoms with van der Waals surface area (Å²) in [6, 6.07) is 5.72. The Kier molecular flexibility index (Phi) is 2.60. The molecule has 4 heteroatoms. The van der Waals surface area contributed by atoms with Gasteiger partial charge in [-0.3, -0.25) is 0 Å². The predicted octanol–water partition coefficient (Wildman–Crippen LogP) is 1.31. The molecule has 1 heterocycles. The third-order valence-electron chi connectivity index (χ3n) is 2.50. The number of fused-ring (bicyclic) bond motifs is 1. The first-order chi connectivity index (χ1) is 7.22. The van der Waals surface area contributed by atoms with E-state index in [4.69, 9.17) is 10.8 Å². The van der Waals surface area contributed by atoms with Crippen LogP contribution in [0.4, 0.5) is 5.69 Å². The van der Waals surface area contributed by atoms with Crippen LogP contribution >= 0.6 is 0 Å². The number of aromatic nitrogens is 2. The zero-order valence-electron chi connectivity index (χ0n) is 8.77. The molecule has 1 aromatic heterocycles. The molecule has 0 radical (unpaired) electrons. The van der Waals surface area contributed by atoms with Crippen LogP contribution in [0.5, 0.6) is 0 Å². The summed E-state index contributed by atoms with van der Waals surface area (Å²) < 4.78 is 2.10. The fourth-order valence-corrected chi connectivity index (χ4v) is 1.78. The maximum absolute atomic E-state index is 8.82. The van der Waals surface area contributed by atoms with Crippen molar-refractivity contribution in [1.82, 2.24) is 9.55 Å². The molecular weight excluding hydrogens is 190 g/mol.